The van der Waals surface area contributed by atoms with Gasteiger partial charge < -0.3 is 14.8 Å². The number of benzene rings is 2. The van der Waals surface area contributed by atoms with Gasteiger partial charge >= 0.3 is 5.69 Å². The zero-order chi connectivity index (χ0) is 24.5. The Hall–Kier alpha value is -4.51. The highest BCUT2D eigenvalue weighted by molar-refractivity contribution is 7.10. The lowest BCUT2D eigenvalue weighted by Gasteiger charge is -2.09. The zero-order valence-electron chi connectivity index (χ0n) is 18.2. The van der Waals surface area contributed by atoms with Crippen LogP contribution in [0, 0.1) is 10.1 Å². The summed E-state index contributed by atoms with van der Waals surface area (Å²) in [6.07, 6.45) is 2.72. The van der Waals surface area contributed by atoms with Crippen molar-refractivity contribution >= 4 is 41.1 Å². The molecule has 0 aliphatic carbocycles. The van der Waals surface area contributed by atoms with Gasteiger partial charge in [-0.05, 0) is 29.7 Å². The van der Waals surface area contributed by atoms with E-state index in [0.717, 1.165) is 4.88 Å². The molecule has 0 fully saturated rings. The van der Waals surface area contributed by atoms with Crippen molar-refractivity contribution in [2.75, 3.05) is 14.2 Å². The lowest BCUT2D eigenvalue weighted by atomic mass is 10.1. The molecule has 1 aromatic heterocycles. The van der Waals surface area contributed by atoms with E-state index >= 15 is 0 Å². The van der Waals surface area contributed by atoms with E-state index in [9.17, 15) is 19.7 Å². The van der Waals surface area contributed by atoms with Crippen molar-refractivity contribution in [1.82, 2.24) is 10.7 Å². The Morgan fingerprint density at radius 1 is 1.06 bits per heavy atom. The summed E-state index contributed by atoms with van der Waals surface area (Å²) in [5.74, 6) is -0.870. The van der Waals surface area contributed by atoms with Gasteiger partial charge in [-0.15, -0.1) is 11.3 Å². The Morgan fingerprint density at radius 3 is 2.41 bits per heavy atom. The fourth-order valence-electron chi connectivity index (χ4n) is 2.83. The lowest BCUT2D eigenvalue weighted by Crippen LogP contribution is -2.32. The van der Waals surface area contributed by atoms with Crippen molar-refractivity contribution in [3.05, 3.63) is 91.8 Å². The maximum atomic E-state index is 12.8. The third-order valence-electron chi connectivity index (χ3n) is 4.46. The van der Waals surface area contributed by atoms with Gasteiger partial charge in [-0.3, -0.25) is 19.7 Å². The standard InChI is InChI=1S/C23H20N4O6S/c1-32-20-13-21(33-2)19(27(30)31)11-16(20)14-24-26-23(29)18(12-17-9-6-10-34-17)25-22(28)15-7-4-3-5-8-15/h3-14H,1-2H3,(H,25,28)(H,26,29)/b18-12+,24-14-. The normalized spacial score (nSPS) is 11.2. The maximum Gasteiger partial charge on any atom is 0.311 e. The Morgan fingerprint density at radius 2 is 1.79 bits per heavy atom. The van der Waals surface area contributed by atoms with Crippen molar-refractivity contribution in [3.63, 3.8) is 0 Å². The number of hydrogen-bond acceptors (Lipinski definition) is 8. The van der Waals surface area contributed by atoms with Crippen LogP contribution < -0.4 is 20.2 Å². The van der Waals surface area contributed by atoms with E-state index in [1.165, 1.54) is 50.0 Å². The fourth-order valence-corrected chi connectivity index (χ4v) is 3.49. The SMILES string of the molecule is COc1cc(OC)c([N+](=O)[O-])cc1/C=N\NC(=O)/C(=C\c1cccs1)NC(=O)c1ccccc1. The molecule has 0 unspecified atom stereocenters. The lowest BCUT2D eigenvalue weighted by molar-refractivity contribution is -0.385. The number of thiophene rings is 1. The summed E-state index contributed by atoms with van der Waals surface area (Å²) in [6.45, 7) is 0. The van der Waals surface area contributed by atoms with Crippen molar-refractivity contribution < 1.29 is 24.0 Å². The predicted molar refractivity (Wildman–Crippen MR) is 128 cm³/mol. The minimum atomic E-state index is -0.684. The number of amides is 2. The molecule has 11 heteroatoms. The highest BCUT2D eigenvalue weighted by Gasteiger charge is 2.19. The number of methoxy groups -OCH3 is 2. The summed E-state index contributed by atoms with van der Waals surface area (Å²) in [7, 11) is 2.69. The molecule has 2 aromatic carbocycles. The molecule has 0 atom stereocenters. The first-order chi connectivity index (χ1) is 16.4. The summed E-state index contributed by atoms with van der Waals surface area (Å²) in [4.78, 5) is 36.8. The van der Waals surface area contributed by atoms with E-state index < -0.39 is 16.7 Å². The summed E-state index contributed by atoms with van der Waals surface area (Å²) in [6, 6.07) is 14.6. The van der Waals surface area contributed by atoms with E-state index in [1.54, 1.807) is 36.4 Å². The fraction of sp³-hybridized carbons (Fsp3) is 0.0870. The van der Waals surface area contributed by atoms with Gasteiger partial charge in [0.1, 0.15) is 11.4 Å². The number of ether oxygens (including phenoxy) is 2. The highest BCUT2D eigenvalue weighted by Crippen LogP contribution is 2.33. The molecule has 0 radical (unpaired) electrons. The first kappa shape index (κ1) is 24.1. The first-order valence-corrected chi connectivity index (χ1v) is 10.7. The molecule has 0 aliphatic rings. The molecular weight excluding hydrogens is 460 g/mol. The van der Waals surface area contributed by atoms with Crippen LogP contribution in [0.25, 0.3) is 6.08 Å². The summed E-state index contributed by atoms with van der Waals surface area (Å²) in [5, 5.41) is 19.6. The van der Waals surface area contributed by atoms with Crippen LogP contribution in [0.15, 0.2) is 70.8 Å². The van der Waals surface area contributed by atoms with Crippen LogP contribution in [0.3, 0.4) is 0 Å². The predicted octanol–water partition coefficient (Wildman–Crippen LogP) is 3.59. The second-order valence-electron chi connectivity index (χ2n) is 6.62. The Labute approximate surface area is 198 Å². The summed E-state index contributed by atoms with van der Waals surface area (Å²) in [5.41, 5.74) is 2.63. The van der Waals surface area contributed by atoms with Crippen LogP contribution in [0.2, 0.25) is 0 Å². The number of hydrazone groups is 1. The van der Waals surface area contributed by atoms with Gasteiger partial charge in [-0.2, -0.15) is 5.10 Å². The van der Waals surface area contributed by atoms with E-state index in [0.29, 0.717) is 5.56 Å². The molecule has 34 heavy (non-hydrogen) atoms. The molecular formula is C23H20N4O6S. The number of hydrogen-bond donors (Lipinski definition) is 2. The molecule has 0 saturated heterocycles. The third-order valence-corrected chi connectivity index (χ3v) is 5.28. The smallest absolute Gasteiger partial charge is 0.311 e. The molecule has 3 rings (SSSR count). The average Bonchev–Trinajstić information content (AvgIpc) is 3.36. The Balaban J connectivity index is 1.82. The molecule has 174 valence electrons. The van der Waals surface area contributed by atoms with Gasteiger partial charge in [0.2, 0.25) is 5.75 Å². The molecule has 0 spiro atoms. The topological polar surface area (TPSA) is 132 Å². The van der Waals surface area contributed by atoms with E-state index in [2.05, 4.69) is 15.8 Å². The minimum Gasteiger partial charge on any atom is -0.496 e. The van der Waals surface area contributed by atoms with E-state index in [4.69, 9.17) is 9.47 Å². The van der Waals surface area contributed by atoms with Gasteiger partial charge in [0.25, 0.3) is 11.8 Å². The van der Waals surface area contributed by atoms with Gasteiger partial charge in [0, 0.05) is 28.1 Å². The molecule has 0 bridgehead atoms. The second-order valence-corrected chi connectivity index (χ2v) is 7.60. The number of nitro groups is 1. The van der Waals surface area contributed by atoms with Crippen LogP contribution in [-0.4, -0.2) is 37.2 Å². The number of nitrogens with one attached hydrogen (secondary N) is 2. The van der Waals surface area contributed by atoms with Gasteiger partial charge in [-0.1, -0.05) is 24.3 Å². The van der Waals surface area contributed by atoms with Crippen molar-refractivity contribution in [2.45, 2.75) is 0 Å². The summed E-state index contributed by atoms with van der Waals surface area (Å²) < 4.78 is 10.2. The monoisotopic (exact) mass is 480 g/mol. The maximum absolute atomic E-state index is 12.8. The second kappa shape index (κ2) is 11.4. The number of carbonyl (C=O) groups excluding carboxylic acids is 2. The highest BCUT2D eigenvalue weighted by atomic mass is 32.1. The van der Waals surface area contributed by atoms with E-state index in [-0.39, 0.29) is 28.4 Å². The minimum absolute atomic E-state index is 0.0211. The largest absolute Gasteiger partial charge is 0.496 e. The molecule has 1 heterocycles. The first-order valence-electron chi connectivity index (χ1n) is 9.78. The zero-order valence-corrected chi connectivity index (χ0v) is 19.0. The van der Waals surface area contributed by atoms with Crippen LogP contribution in [0.4, 0.5) is 5.69 Å². The summed E-state index contributed by atoms with van der Waals surface area (Å²) >= 11 is 1.39. The van der Waals surface area contributed by atoms with Crippen LogP contribution in [0.5, 0.6) is 11.5 Å². The molecule has 2 N–H and O–H groups in total. The third kappa shape index (κ3) is 6.04. The Kier molecular flexibility index (Phi) is 8.08. The average molecular weight is 481 g/mol. The number of carbonyl (C=O) groups is 2. The van der Waals surface area contributed by atoms with Gasteiger partial charge in [0.05, 0.1) is 25.4 Å². The van der Waals surface area contributed by atoms with Crippen molar-refractivity contribution in [3.8, 4) is 11.5 Å². The molecule has 3 aromatic rings. The molecule has 0 saturated carbocycles. The van der Waals surface area contributed by atoms with Gasteiger partial charge in [0.15, 0.2) is 0 Å². The quantitative estimate of drug-likeness (QED) is 0.208. The molecule has 0 aliphatic heterocycles. The number of nitrogens with zero attached hydrogens (tertiary/aromatic N) is 2. The Bertz CT molecular complexity index is 1240. The molecule has 10 nitrogen and oxygen atoms in total. The van der Waals surface area contributed by atoms with E-state index in [1.807, 2.05) is 11.4 Å². The van der Waals surface area contributed by atoms with Crippen molar-refractivity contribution in [1.29, 1.82) is 0 Å². The van der Waals surface area contributed by atoms with Crippen LogP contribution in [-0.2, 0) is 4.79 Å². The van der Waals surface area contributed by atoms with Crippen molar-refractivity contribution in [2.24, 2.45) is 5.10 Å². The molecule has 2 amide bonds. The van der Waals surface area contributed by atoms with Gasteiger partial charge in [-0.25, -0.2) is 5.43 Å². The number of rotatable bonds is 9. The van der Waals surface area contributed by atoms with Crippen LogP contribution >= 0.6 is 11.3 Å². The van der Waals surface area contributed by atoms with Crippen LogP contribution in [0.1, 0.15) is 20.8 Å². The number of nitro benzene ring substituents is 1.